The Balaban J connectivity index is 2.23. The van der Waals surface area contributed by atoms with Crippen molar-refractivity contribution in [2.24, 2.45) is 5.73 Å². The first kappa shape index (κ1) is 13.4. The van der Waals surface area contributed by atoms with Gasteiger partial charge in [0.25, 0.3) is 0 Å². The van der Waals surface area contributed by atoms with Crippen LogP contribution in [-0.4, -0.2) is 31.1 Å². The van der Waals surface area contributed by atoms with Crippen molar-refractivity contribution in [3.63, 3.8) is 0 Å². The molecule has 18 heavy (non-hydrogen) atoms. The van der Waals surface area contributed by atoms with Crippen molar-refractivity contribution < 1.29 is 13.2 Å². The predicted octanol–water partition coefficient (Wildman–Crippen LogP) is 2.45. The van der Waals surface area contributed by atoms with Crippen LogP contribution >= 0.6 is 0 Å². The fourth-order valence-corrected chi connectivity index (χ4v) is 2.51. The lowest BCUT2D eigenvalue weighted by atomic mass is 9.85. The number of hydrogen-bond acceptors (Lipinski definition) is 2. The predicted molar refractivity (Wildman–Crippen MR) is 64.3 cm³/mol. The summed E-state index contributed by atoms with van der Waals surface area (Å²) in [7, 11) is 1.97. The van der Waals surface area contributed by atoms with Gasteiger partial charge in [-0.05, 0) is 31.6 Å². The van der Waals surface area contributed by atoms with Crippen molar-refractivity contribution in [3.8, 4) is 0 Å². The first-order chi connectivity index (χ1) is 8.38. The van der Waals surface area contributed by atoms with Gasteiger partial charge in [0, 0.05) is 18.5 Å². The SMILES string of the molecule is CN1CCC(c2cccc(C(F)(F)F)c2)C(N)C1. The van der Waals surface area contributed by atoms with Crippen molar-refractivity contribution in [1.82, 2.24) is 4.90 Å². The molecule has 5 heteroatoms. The second-order valence-electron chi connectivity index (χ2n) is 4.94. The van der Waals surface area contributed by atoms with Crippen LogP contribution in [0.15, 0.2) is 24.3 Å². The summed E-state index contributed by atoms with van der Waals surface area (Å²) in [6, 6.07) is 5.43. The Morgan fingerprint density at radius 2 is 2.06 bits per heavy atom. The number of nitrogens with zero attached hydrogens (tertiary/aromatic N) is 1. The summed E-state index contributed by atoms with van der Waals surface area (Å²) >= 11 is 0. The van der Waals surface area contributed by atoms with Crippen LogP contribution < -0.4 is 5.73 Å². The minimum Gasteiger partial charge on any atom is -0.326 e. The average molecular weight is 258 g/mol. The summed E-state index contributed by atoms with van der Waals surface area (Å²) in [5, 5.41) is 0. The molecule has 1 fully saturated rings. The van der Waals surface area contributed by atoms with E-state index >= 15 is 0 Å². The third kappa shape index (κ3) is 2.84. The third-order valence-electron chi connectivity index (χ3n) is 3.50. The molecule has 1 aromatic carbocycles. The van der Waals surface area contributed by atoms with Gasteiger partial charge in [-0.3, -0.25) is 0 Å². The molecule has 1 saturated heterocycles. The van der Waals surface area contributed by atoms with Gasteiger partial charge in [0.2, 0.25) is 0 Å². The Kier molecular flexibility index (Phi) is 3.64. The van der Waals surface area contributed by atoms with E-state index in [1.54, 1.807) is 6.07 Å². The summed E-state index contributed by atoms with van der Waals surface area (Å²) in [6.45, 7) is 1.59. The Morgan fingerprint density at radius 3 is 2.67 bits per heavy atom. The van der Waals surface area contributed by atoms with Crippen LogP contribution in [0.1, 0.15) is 23.5 Å². The van der Waals surface area contributed by atoms with E-state index in [2.05, 4.69) is 4.90 Å². The molecule has 0 radical (unpaired) electrons. The van der Waals surface area contributed by atoms with E-state index in [9.17, 15) is 13.2 Å². The molecule has 100 valence electrons. The van der Waals surface area contributed by atoms with Crippen molar-refractivity contribution >= 4 is 0 Å². The number of likely N-dealkylation sites (N-methyl/N-ethyl adjacent to an activating group) is 1. The number of nitrogens with two attached hydrogens (primary N) is 1. The monoisotopic (exact) mass is 258 g/mol. The summed E-state index contributed by atoms with van der Waals surface area (Å²) < 4.78 is 38.0. The fraction of sp³-hybridized carbons (Fsp3) is 0.538. The first-order valence-electron chi connectivity index (χ1n) is 5.99. The van der Waals surface area contributed by atoms with Crippen LogP contribution in [0.2, 0.25) is 0 Å². The highest BCUT2D eigenvalue weighted by Gasteiger charge is 2.32. The number of likely N-dealkylation sites (tertiary alicyclic amines) is 1. The number of rotatable bonds is 1. The molecule has 0 bridgehead atoms. The van der Waals surface area contributed by atoms with Crippen LogP contribution in [-0.2, 0) is 6.18 Å². The zero-order valence-electron chi connectivity index (χ0n) is 10.2. The summed E-state index contributed by atoms with van der Waals surface area (Å²) in [4.78, 5) is 2.11. The van der Waals surface area contributed by atoms with Gasteiger partial charge in [0.15, 0.2) is 0 Å². The molecule has 1 aliphatic rings. The minimum absolute atomic E-state index is 0.0171. The largest absolute Gasteiger partial charge is 0.416 e. The highest BCUT2D eigenvalue weighted by atomic mass is 19.4. The van der Waals surface area contributed by atoms with Crippen LogP contribution in [0.3, 0.4) is 0 Å². The van der Waals surface area contributed by atoms with Crippen LogP contribution in [0, 0.1) is 0 Å². The lowest BCUT2D eigenvalue weighted by Crippen LogP contribution is -2.45. The summed E-state index contributed by atoms with van der Waals surface area (Å²) in [6.07, 6.45) is -3.48. The quantitative estimate of drug-likeness (QED) is 0.838. The molecule has 0 aliphatic carbocycles. The smallest absolute Gasteiger partial charge is 0.326 e. The van der Waals surface area contributed by atoms with Crippen molar-refractivity contribution in [1.29, 1.82) is 0 Å². The standard InChI is InChI=1S/C13H17F3N2/c1-18-6-5-11(12(17)8-18)9-3-2-4-10(7-9)13(14,15)16/h2-4,7,11-12H,5-6,8,17H2,1H3. The van der Waals surface area contributed by atoms with Gasteiger partial charge < -0.3 is 10.6 Å². The van der Waals surface area contributed by atoms with Gasteiger partial charge in [-0.15, -0.1) is 0 Å². The van der Waals surface area contributed by atoms with Gasteiger partial charge in [-0.2, -0.15) is 13.2 Å². The molecule has 2 unspecified atom stereocenters. The third-order valence-corrected chi connectivity index (χ3v) is 3.50. The van der Waals surface area contributed by atoms with E-state index in [0.717, 1.165) is 25.6 Å². The zero-order chi connectivity index (χ0) is 13.3. The number of benzene rings is 1. The average Bonchev–Trinajstić information content (AvgIpc) is 2.28. The molecule has 0 aromatic heterocycles. The maximum Gasteiger partial charge on any atom is 0.416 e. The normalized spacial score (nSPS) is 26.3. The van der Waals surface area contributed by atoms with Crippen LogP contribution in [0.5, 0.6) is 0 Å². The van der Waals surface area contributed by atoms with Gasteiger partial charge in [0.05, 0.1) is 5.56 Å². The lowest BCUT2D eigenvalue weighted by Gasteiger charge is -2.35. The van der Waals surface area contributed by atoms with E-state index in [0.29, 0.717) is 5.56 Å². The van der Waals surface area contributed by atoms with Gasteiger partial charge in [-0.1, -0.05) is 18.2 Å². The molecule has 0 amide bonds. The van der Waals surface area contributed by atoms with Crippen molar-refractivity contribution in [2.45, 2.75) is 24.6 Å². The Bertz CT molecular complexity index is 417. The molecule has 0 saturated carbocycles. The highest BCUT2D eigenvalue weighted by molar-refractivity contribution is 5.29. The molecule has 0 spiro atoms. The van der Waals surface area contributed by atoms with Gasteiger partial charge in [-0.25, -0.2) is 0 Å². The molecule has 2 N–H and O–H groups in total. The van der Waals surface area contributed by atoms with Crippen LogP contribution in [0.25, 0.3) is 0 Å². The molecule has 2 nitrogen and oxygen atoms in total. The lowest BCUT2D eigenvalue weighted by molar-refractivity contribution is -0.137. The first-order valence-corrected chi connectivity index (χ1v) is 5.99. The number of halogens is 3. The second-order valence-corrected chi connectivity index (χ2v) is 4.94. The molecule has 1 aromatic rings. The molecule has 2 atom stereocenters. The highest BCUT2D eigenvalue weighted by Crippen LogP contribution is 2.33. The Hall–Kier alpha value is -1.07. The van der Waals surface area contributed by atoms with E-state index in [1.165, 1.54) is 12.1 Å². The molecular formula is C13H17F3N2. The molecular weight excluding hydrogens is 241 g/mol. The van der Waals surface area contributed by atoms with E-state index in [4.69, 9.17) is 5.73 Å². The summed E-state index contributed by atoms with van der Waals surface area (Å²) in [5.41, 5.74) is 6.15. The van der Waals surface area contributed by atoms with E-state index < -0.39 is 11.7 Å². The van der Waals surface area contributed by atoms with E-state index in [-0.39, 0.29) is 12.0 Å². The van der Waals surface area contributed by atoms with Crippen molar-refractivity contribution in [3.05, 3.63) is 35.4 Å². The fourth-order valence-electron chi connectivity index (χ4n) is 2.51. The number of piperidine rings is 1. The van der Waals surface area contributed by atoms with Gasteiger partial charge >= 0.3 is 6.18 Å². The number of alkyl halides is 3. The zero-order valence-corrected chi connectivity index (χ0v) is 10.2. The molecule has 2 rings (SSSR count). The van der Waals surface area contributed by atoms with Crippen LogP contribution in [0.4, 0.5) is 13.2 Å². The minimum atomic E-state index is -4.29. The van der Waals surface area contributed by atoms with Crippen molar-refractivity contribution in [2.75, 3.05) is 20.1 Å². The summed E-state index contributed by atoms with van der Waals surface area (Å²) in [5.74, 6) is 0.0171. The number of hydrogen-bond donors (Lipinski definition) is 1. The Labute approximate surface area is 105 Å². The maximum atomic E-state index is 12.7. The molecule has 1 heterocycles. The van der Waals surface area contributed by atoms with Gasteiger partial charge in [0.1, 0.15) is 0 Å². The van der Waals surface area contributed by atoms with E-state index in [1.807, 2.05) is 7.05 Å². The maximum absolute atomic E-state index is 12.7. The Morgan fingerprint density at radius 1 is 1.33 bits per heavy atom. The topological polar surface area (TPSA) is 29.3 Å². The second kappa shape index (κ2) is 4.90. The molecule has 1 aliphatic heterocycles.